The van der Waals surface area contributed by atoms with Crippen molar-refractivity contribution < 1.29 is 4.79 Å². The highest BCUT2D eigenvalue weighted by Gasteiger charge is 2.21. The van der Waals surface area contributed by atoms with Crippen LogP contribution in [0.15, 0.2) is 15.8 Å². The van der Waals surface area contributed by atoms with Crippen molar-refractivity contribution in [3.05, 3.63) is 32.6 Å². The Morgan fingerprint density at radius 2 is 2.00 bits per heavy atom. The highest BCUT2D eigenvalue weighted by atomic mass is 16.2. The van der Waals surface area contributed by atoms with Gasteiger partial charge in [-0.2, -0.15) is 5.26 Å². The number of carbonyl (C=O) groups excluding carboxylic acids is 1. The summed E-state index contributed by atoms with van der Waals surface area (Å²) in [6.07, 6.45) is 3.85. The van der Waals surface area contributed by atoms with E-state index in [-0.39, 0.29) is 24.1 Å². The average molecular weight is 334 g/mol. The molecule has 0 saturated heterocycles. The van der Waals surface area contributed by atoms with E-state index in [1.54, 1.807) is 17.9 Å². The Morgan fingerprint density at radius 3 is 2.50 bits per heavy atom. The van der Waals surface area contributed by atoms with Gasteiger partial charge in [0.2, 0.25) is 5.91 Å². The van der Waals surface area contributed by atoms with E-state index < -0.39 is 11.2 Å². The summed E-state index contributed by atoms with van der Waals surface area (Å²) in [6, 6.07) is 1.82. The molecule has 0 bridgehead atoms. The molecule has 1 rings (SSSR count). The molecule has 0 aliphatic carbocycles. The van der Waals surface area contributed by atoms with Crippen LogP contribution in [0.3, 0.4) is 0 Å². The monoisotopic (exact) mass is 334 g/mol. The topological polar surface area (TPSA) is 88.1 Å². The molecule has 0 fully saturated rings. The van der Waals surface area contributed by atoms with E-state index in [0.29, 0.717) is 13.1 Å². The first-order valence-corrected chi connectivity index (χ1v) is 8.44. The minimum Gasteiger partial charge on any atom is -0.338 e. The first kappa shape index (κ1) is 19.7. The third-order valence-corrected chi connectivity index (χ3v) is 4.19. The zero-order chi connectivity index (χ0) is 18.3. The maximum absolute atomic E-state index is 12.7. The van der Waals surface area contributed by atoms with Crippen LogP contribution in [-0.2, 0) is 17.9 Å². The Labute approximate surface area is 142 Å². The van der Waals surface area contributed by atoms with Crippen LogP contribution in [0, 0.1) is 11.3 Å². The lowest BCUT2D eigenvalue weighted by Gasteiger charge is -2.28. The van der Waals surface area contributed by atoms with Crippen molar-refractivity contribution in [2.75, 3.05) is 6.54 Å². The summed E-state index contributed by atoms with van der Waals surface area (Å²) in [5.41, 5.74) is -1.40. The summed E-state index contributed by atoms with van der Waals surface area (Å²) in [4.78, 5) is 39.0. The molecule has 0 radical (unpaired) electrons. The van der Waals surface area contributed by atoms with Crippen LogP contribution in [-0.4, -0.2) is 32.5 Å². The van der Waals surface area contributed by atoms with Gasteiger partial charge in [0.15, 0.2) is 0 Å². The molecule has 1 aromatic rings. The van der Waals surface area contributed by atoms with Crippen LogP contribution >= 0.6 is 0 Å². The van der Waals surface area contributed by atoms with Gasteiger partial charge in [-0.05, 0) is 26.7 Å². The zero-order valence-corrected chi connectivity index (χ0v) is 14.9. The van der Waals surface area contributed by atoms with E-state index >= 15 is 0 Å². The van der Waals surface area contributed by atoms with Gasteiger partial charge in [-0.25, -0.2) is 9.36 Å². The standard InChI is InChI=1S/C17H26N4O3/c1-5-8-9-20(13(4)6-2)15(22)12-21-16(23)14(10-18)11-19(7-3)17(21)24/h11,13H,5-9,12H2,1-4H3. The number of unbranched alkanes of at least 4 members (excludes halogenated alkanes) is 1. The second-order valence-corrected chi connectivity index (χ2v) is 5.81. The molecule has 132 valence electrons. The van der Waals surface area contributed by atoms with Gasteiger partial charge >= 0.3 is 5.69 Å². The maximum Gasteiger partial charge on any atom is 0.331 e. The number of hydrogen-bond acceptors (Lipinski definition) is 4. The molecule has 0 aliphatic rings. The third kappa shape index (κ3) is 4.34. The number of amides is 1. The maximum atomic E-state index is 12.7. The van der Waals surface area contributed by atoms with Crippen molar-refractivity contribution in [1.82, 2.24) is 14.0 Å². The minimum atomic E-state index is -0.708. The normalized spacial score (nSPS) is 11.8. The van der Waals surface area contributed by atoms with Crippen molar-refractivity contribution in [1.29, 1.82) is 5.26 Å². The number of aryl methyl sites for hydroxylation is 1. The van der Waals surface area contributed by atoms with Crippen LogP contribution in [0.4, 0.5) is 0 Å². The van der Waals surface area contributed by atoms with E-state index in [2.05, 4.69) is 0 Å². The Hall–Kier alpha value is -2.36. The minimum absolute atomic E-state index is 0.0345. The van der Waals surface area contributed by atoms with Crippen LogP contribution in [0.2, 0.25) is 0 Å². The Morgan fingerprint density at radius 1 is 1.33 bits per heavy atom. The first-order valence-electron chi connectivity index (χ1n) is 8.44. The molecule has 1 aromatic heterocycles. The van der Waals surface area contributed by atoms with Gasteiger partial charge in [0, 0.05) is 25.3 Å². The summed E-state index contributed by atoms with van der Waals surface area (Å²) in [6.45, 7) is 8.31. The molecule has 1 unspecified atom stereocenters. The molecule has 0 spiro atoms. The van der Waals surface area contributed by atoms with Crippen molar-refractivity contribution in [3.8, 4) is 6.07 Å². The molecule has 0 aromatic carbocycles. The molecular weight excluding hydrogens is 308 g/mol. The Bertz CT molecular complexity index is 727. The number of nitriles is 1. The number of aromatic nitrogens is 2. The number of hydrogen-bond donors (Lipinski definition) is 0. The zero-order valence-electron chi connectivity index (χ0n) is 14.9. The molecule has 7 heteroatoms. The van der Waals surface area contributed by atoms with Crippen molar-refractivity contribution in [2.24, 2.45) is 0 Å². The summed E-state index contributed by atoms with van der Waals surface area (Å²) < 4.78 is 2.14. The lowest BCUT2D eigenvalue weighted by atomic mass is 10.2. The lowest BCUT2D eigenvalue weighted by molar-refractivity contribution is -0.134. The summed E-state index contributed by atoms with van der Waals surface area (Å²) >= 11 is 0. The molecule has 7 nitrogen and oxygen atoms in total. The van der Waals surface area contributed by atoms with Crippen LogP contribution in [0.1, 0.15) is 52.5 Å². The van der Waals surface area contributed by atoms with Gasteiger partial charge in [0.25, 0.3) is 5.56 Å². The molecular formula is C17H26N4O3. The SMILES string of the molecule is CCCCN(C(=O)Cn1c(=O)c(C#N)cn(CC)c1=O)C(C)CC. The second-order valence-electron chi connectivity index (χ2n) is 5.81. The number of rotatable bonds is 8. The molecule has 0 aliphatic heterocycles. The fourth-order valence-electron chi connectivity index (χ4n) is 2.46. The predicted molar refractivity (Wildman–Crippen MR) is 91.7 cm³/mol. The quantitative estimate of drug-likeness (QED) is 0.717. The van der Waals surface area contributed by atoms with Crippen molar-refractivity contribution in [2.45, 2.75) is 66.1 Å². The molecule has 0 saturated carbocycles. The largest absolute Gasteiger partial charge is 0.338 e. The fourth-order valence-corrected chi connectivity index (χ4v) is 2.46. The van der Waals surface area contributed by atoms with Crippen molar-refractivity contribution >= 4 is 5.91 Å². The fraction of sp³-hybridized carbons (Fsp3) is 0.647. The average Bonchev–Trinajstić information content (AvgIpc) is 2.58. The molecule has 24 heavy (non-hydrogen) atoms. The molecule has 0 N–H and O–H groups in total. The smallest absolute Gasteiger partial charge is 0.331 e. The molecule has 1 heterocycles. The van der Waals surface area contributed by atoms with Gasteiger partial charge in [0.1, 0.15) is 18.2 Å². The van der Waals surface area contributed by atoms with E-state index in [1.165, 1.54) is 10.8 Å². The molecule has 1 amide bonds. The number of nitrogens with zero attached hydrogens (tertiary/aromatic N) is 4. The van der Waals surface area contributed by atoms with Gasteiger partial charge < -0.3 is 4.90 Å². The Balaban J connectivity index is 3.23. The Kier molecular flexibility index (Phi) is 7.43. The van der Waals surface area contributed by atoms with E-state index in [9.17, 15) is 14.4 Å². The van der Waals surface area contributed by atoms with Crippen LogP contribution < -0.4 is 11.2 Å². The van der Waals surface area contributed by atoms with Crippen LogP contribution in [0.5, 0.6) is 0 Å². The summed E-state index contributed by atoms with van der Waals surface area (Å²) in [5.74, 6) is -0.269. The van der Waals surface area contributed by atoms with Crippen molar-refractivity contribution in [3.63, 3.8) is 0 Å². The molecule has 1 atom stereocenters. The van der Waals surface area contributed by atoms with E-state index in [4.69, 9.17) is 5.26 Å². The van der Waals surface area contributed by atoms with Gasteiger partial charge in [-0.3, -0.25) is 14.2 Å². The highest BCUT2D eigenvalue weighted by molar-refractivity contribution is 5.76. The number of carbonyl (C=O) groups is 1. The van der Waals surface area contributed by atoms with Crippen LogP contribution in [0.25, 0.3) is 0 Å². The van der Waals surface area contributed by atoms with Gasteiger partial charge in [0.05, 0.1) is 0 Å². The van der Waals surface area contributed by atoms with Gasteiger partial charge in [-0.15, -0.1) is 0 Å². The predicted octanol–water partition coefficient (Wildman–Crippen LogP) is 1.33. The highest BCUT2D eigenvalue weighted by Crippen LogP contribution is 2.07. The van der Waals surface area contributed by atoms with E-state index in [0.717, 1.165) is 23.8 Å². The van der Waals surface area contributed by atoms with Gasteiger partial charge in [-0.1, -0.05) is 20.3 Å². The van der Waals surface area contributed by atoms with E-state index in [1.807, 2.05) is 20.8 Å². The third-order valence-electron chi connectivity index (χ3n) is 4.19. The summed E-state index contributed by atoms with van der Waals surface area (Å²) in [5, 5.41) is 9.07. The second kappa shape index (κ2) is 9.06. The lowest BCUT2D eigenvalue weighted by Crippen LogP contribution is -2.47. The summed E-state index contributed by atoms with van der Waals surface area (Å²) in [7, 11) is 0. The first-order chi connectivity index (χ1) is 11.4.